The van der Waals surface area contributed by atoms with Crippen molar-refractivity contribution >= 4 is 12.0 Å². The molecule has 0 saturated carbocycles. The van der Waals surface area contributed by atoms with Crippen molar-refractivity contribution in [3.8, 4) is 5.75 Å². The van der Waals surface area contributed by atoms with E-state index >= 15 is 0 Å². The predicted molar refractivity (Wildman–Crippen MR) is 54.6 cm³/mol. The number of rotatable bonds is 4. The minimum atomic E-state index is -3.00. The molecule has 0 aliphatic rings. The molecule has 1 rings (SSSR count). The average Bonchev–Trinajstić information content (AvgIpc) is 2.25. The number of ether oxygens (including phenoxy) is 1. The van der Waals surface area contributed by atoms with Crippen molar-refractivity contribution in [2.75, 3.05) is 7.11 Å². The smallest absolute Gasteiger partial charge is 0.337 e. The molecule has 0 bridgehead atoms. The monoisotopic (exact) mass is 228 g/mol. The number of halogens is 2. The third-order valence-corrected chi connectivity index (χ3v) is 1.92. The van der Waals surface area contributed by atoms with Crippen LogP contribution in [0.15, 0.2) is 29.8 Å². The average molecular weight is 228 g/mol. The molecule has 5 heteroatoms. The molecule has 0 aromatic heterocycles. The summed E-state index contributed by atoms with van der Waals surface area (Å²) in [6, 6.07) is 6.14. The third kappa shape index (κ3) is 3.05. The van der Waals surface area contributed by atoms with Crippen LogP contribution in [-0.2, 0) is 4.79 Å². The minimum absolute atomic E-state index is 0.388. The lowest BCUT2D eigenvalue weighted by molar-refractivity contribution is -0.133. The van der Waals surface area contributed by atoms with Gasteiger partial charge >= 0.3 is 5.97 Å². The molecule has 0 spiro atoms. The highest BCUT2D eigenvalue weighted by Crippen LogP contribution is 2.17. The van der Waals surface area contributed by atoms with Crippen molar-refractivity contribution in [1.29, 1.82) is 0 Å². The van der Waals surface area contributed by atoms with E-state index in [0.29, 0.717) is 11.3 Å². The Morgan fingerprint density at radius 2 is 1.94 bits per heavy atom. The number of benzene rings is 1. The second-order valence-corrected chi connectivity index (χ2v) is 2.98. The third-order valence-electron chi connectivity index (χ3n) is 1.92. The van der Waals surface area contributed by atoms with Crippen molar-refractivity contribution in [2.24, 2.45) is 0 Å². The zero-order valence-corrected chi connectivity index (χ0v) is 8.48. The van der Waals surface area contributed by atoms with Crippen molar-refractivity contribution in [3.05, 3.63) is 35.4 Å². The van der Waals surface area contributed by atoms with E-state index in [4.69, 9.17) is 9.84 Å². The van der Waals surface area contributed by atoms with E-state index in [-0.39, 0.29) is 0 Å². The fourth-order valence-corrected chi connectivity index (χ4v) is 1.10. The van der Waals surface area contributed by atoms with E-state index in [1.807, 2.05) is 0 Å². The number of hydrogen-bond donors (Lipinski definition) is 1. The number of carboxylic acids is 1. The Balaban J connectivity index is 2.99. The van der Waals surface area contributed by atoms with Gasteiger partial charge in [0.15, 0.2) is 0 Å². The molecule has 1 aromatic rings. The summed E-state index contributed by atoms with van der Waals surface area (Å²) in [7, 11) is 1.48. The highest BCUT2D eigenvalue weighted by atomic mass is 19.3. The van der Waals surface area contributed by atoms with E-state index in [9.17, 15) is 13.6 Å². The summed E-state index contributed by atoms with van der Waals surface area (Å²) in [4.78, 5) is 10.5. The molecule has 3 nitrogen and oxygen atoms in total. The molecule has 0 fully saturated rings. The molecular formula is C11H10F2O3. The van der Waals surface area contributed by atoms with Gasteiger partial charge in [-0.1, -0.05) is 12.1 Å². The zero-order valence-electron chi connectivity index (χ0n) is 8.48. The second-order valence-electron chi connectivity index (χ2n) is 2.98. The maximum absolute atomic E-state index is 12.3. The number of carboxylic acid groups (broad SMARTS) is 1. The van der Waals surface area contributed by atoms with Gasteiger partial charge in [-0.25, -0.2) is 13.6 Å². The van der Waals surface area contributed by atoms with Crippen LogP contribution in [0.3, 0.4) is 0 Å². The van der Waals surface area contributed by atoms with Gasteiger partial charge in [0.25, 0.3) is 6.43 Å². The summed E-state index contributed by atoms with van der Waals surface area (Å²) in [5.74, 6) is -1.04. The molecule has 0 aliphatic carbocycles. The quantitative estimate of drug-likeness (QED) is 0.805. The standard InChI is InChI=1S/C11H10F2O3/c1-16-8-4-2-7(3-5-8)6-9(10(12)13)11(14)15/h2-6,10H,1H3,(H,14,15). The molecule has 0 unspecified atom stereocenters. The first-order chi connectivity index (χ1) is 7.54. The van der Waals surface area contributed by atoms with Gasteiger partial charge in [-0.2, -0.15) is 0 Å². The van der Waals surface area contributed by atoms with Crippen molar-refractivity contribution in [1.82, 2.24) is 0 Å². The number of methoxy groups -OCH3 is 1. The van der Waals surface area contributed by atoms with E-state index in [1.54, 1.807) is 12.1 Å². The summed E-state index contributed by atoms with van der Waals surface area (Å²) in [6.07, 6.45) is -2.06. The number of hydrogen-bond acceptors (Lipinski definition) is 2. The van der Waals surface area contributed by atoms with Crippen LogP contribution in [0.25, 0.3) is 6.08 Å². The fourth-order valence-electron chi connectivity index (χ4n) is 1.10. The van der Waals surface area contributed by atoms with Crippen molar-refractivity contribution in [2.45, 2.75) is 6.43 Å². The molecule has 0 heterocycles. The molecule has 0 aliphatic heterocycles. The Kier molecular flexibility index (Phi) is 3.99. The summed E-state index contributed by atoms with van der Waals surface area (Å²) < 4.78 is 29.5. The number of alkyl halides is 2. The Morgan fingerprint density at radius 1 is 1.38 bits per heavy atom. The number of carbonyl (C=O) groups is 1. The van der Waals surface area contributed by atoms with Crippen molar-refractivity contribution < 1.29 is 23.4 Å². The molecular weight excluding hydrogens is 218 g/mol. The first-order valence-corrected chi connectivity index (χ1v) is 4.41. The minimum Gasteiger partial charge on any atom is -0.497 e. The van der Waals surface area contributed by atoms with Gasteiger partial charge in [-0.15, -0.1) is 0 Å². The Morgan fingerprint density at radius 3 is 2.31 bits per heavy atom. The lowest BCUT2D eigenvalue weighted by atomic mass is 10.1. The molecule has 0 amide bonds. The molecule has 0 saturated heterocycles. The normalized spacial score (nSPS) is 11.6. The van der Waals surface area contributed by atoms with Gasteiger partial charge in [0.05, 0.1) is 7.11 Å². The van der Waals surface area contributed by atoms with Gasteiger partial charge < -0.3 is 9.84 Å². The Bertz CT molecular complexity index is 396. The predicted octanol–water partition coefficient (Wildman–Crippen LogP) is 2.43. The molecule has 16 heavy (non-hydrogen) atoms. The number of aliphatic carboxylic acids is 1. The van der Waals surface area contributed by atoms with Crippen LogP contribution in [0.2, 0.25) is 0 Å². The van der Waals surface area contributed by atoms with Gasteiger partial charge in [0, 0.05) is 0 Å². The Labute approximate surface area is 91.0 Å². The summed E-state index contributed by atoms with van der Waals surface area (Å²) >= 11 is 0. The summed E-state index contributed by atoms with van der Waals surface area (Å²) in [5, 5.41) is 8.53. The SMILES string of the molecule is COc1ccc(C=C(C(=O)O)C(F)F)cc1. The van der Waals surface area contributed by atoms with Crippen LogP contribution < -0.4 is 4.74 Å². The van der Waals surface area contributed by atoms with Gasteiger partial charge in [-0.3, -0.25) is 0 Å². The zero-order chi connectivity index (χ0) is 12.1. The van der Waals surface area contributed by atoms with Crippen molar-refractivity contribution in [3.63, 3.8) is 0 Å². The summed E-state index contributed by atoms with van der Waals surface area (Å²) in [5.41, 5.74) is -0.538. The van der Waals surface area contributed by atoms with E-state index < -0.39 is 18.0 Å². The highest BCUT2D eigenvalue weighted by Gasteiger charge is 2.18. The van der Waals surface area contributed by atoms with E-state index in [2.05, 4.69) is 0 Å². The van der Waals surface area contributed by atoms with Crippen LogP contribution in [0.5, 0.6) is 5.75 Å². The molecule has 1 N–H and O–H groups in total. The van der Waals surface area contributed by atoms with E-state index in [1.165, 1.54) is 19.2 Å². The fraction of sp³-hybridized carbons (Fsp3) is 0.182. The van der Waals surface area contributed by atoms with Crippen LogP contribution in [0.4, 0.5) is 8.78 Å². The van der Waals surface area contributed by atoms with Gasteiger partial charge in [0.2, 0.25) is 0 Å². The van der Waals surface area contributed by atoms with Crippen LogP contribution in [0.1, 0.15) is 5.56 Å². The maximum atomic E-state index is 12.3. The molecule has 86 valence electrons. The summed E-state index contributed by atoms with van der Waals surface area (Å²) in [6.45, 7) is 0. The van der Waals surface area contributed by atoms with Crippen LogP contribution >= 0.6 is 0 Å². The topological polar surface area (TPSA) is 46.5 Å². The first kappa shape index (κ1) is 12.2. The molecule has 0 radical (unpaired) electrons. The lowest BCUT2D eigenvalue weighted by Gasteiger charge is -2.02. The molecule has 0 atom stereocenters. The molecule has 1 aromatic carbocycles. The highest BCUT2D eigenvalue weighted by molar-refractivity contribution is 5.92. The first-order valence-electron chi connectivity index (χ1n) is 4.41. The lowest BCUT2D eigenvalue weighted by Crippen LogP contribution is -2.08. The largest absolute Gasteiger partial charge is 0.497 e. The van der Waals surface area contributed by atoms with Crippen LogP contribution in [0, 0.1) is 0 Å². The van der Waals surface area contributed by atoms with Gasteiger partial charge in [-0.05, 0) is 23.8 Å². The maximum Gasteiger partial charge on any atom is 0.337 e. The van der Waals surface area contributed by atoms with Crippen LogP contribution in [-0.4, -0.2) is 24.6 Å². The van der Waals surface area contributed by atoms with E-state index in [0.717, 1.165) is 6.08 Å². The van der Waals surface area contributed by atoms with Gasteiger partial charge in [0.1, 0.15) is 11.3 Å². The Hall–Kier alpha value is -1.91. The second kappa shape index (κ2) is 5.25.